The fourth-order valence-electron chi connectivity index (χ4n) is 7.59. The molecule has 0 heterocycles. The zero-order chi connectivity index (χ0) is 44.4. The molecule has 1 saturated carbocycles. The van der Waals surface area contributed by atoms with Crippen LogP contribution in [0.25, 0.3) is 0 Å². The van der Waals surface area contributed by atoms with Gasteiger partial charge in [0, 0.05) is 58.2 Å². The van der Waals surface area contributed by atoms with E-state index >= 15 is 0 Å². The number of unbranched alkanes of at least 4 members (excludes halogenated alkanes) is 21. The van der Waals surface area contributed by atoms with Gasteiger partial charge in [-0.25, -0.2) is 4.79 Å². The maximum Gasteiger partial charge on any atom is 0.407 e. The Balaban J connectivity index is 2.83. The molecule has 1 amide bonds. The minimum Gasteiger partial charge on any atom is -0.458 e. The van der Waals surface area contributed by atoms with E-state index in [2.05, 4.69) is 33.0 Å². The summed E-state index contributed by atoms with van der Waals surface area (Å²) in [6.07, 6.45) is 28.5. The Morgan fingerprint density at radius 3 is 1.07 bits per heavy atom. The van der Waals surface area contributed by atoms with Gasteiger partial charge in [0.15, 0.2) is 12.6 Å². The lowest BCUT2D eigenvalue weighted by Crippen LogP contribution is -2.34. The number of hydrogen-bond acceptors (Lipinski definition) is 10. The van der Waals surface area contributed by atoms with E-state index in [1.54, 1.807) is 0 Å². The Kier molecular flexibility index (Phi) is 39.3. The average molecular weight is 870 g/mol. The molecule has 0 aromatic carbocycles. The third-order valence-electron chi connectivity index (χ3n) is 11.4. The molecule has 0 spiro atoms. The van der Waals surface area contributed by atoms with Crippen molar-refractivity contribution in [3.05, 3.63) is 0 Å². The first-order valence-corrected chi connectivity index (χ1v) is 25.6. The van der Waals surface area contributed by atoms with Crippen LogP contribution in [0, 0.1) is 0 Å². The van der Waals surface area contributed by atoms with Gasteiger partial charge in [0.1, 0.15) is 12.2 Å². The zero-order valence-corrected chi connectivity index (χ0v) is 40.1. The van der Waals surface area contributed by atoms with Gasteiger partial charge in [0.05, 0.1) is 19.4 Å². The van der Waals surface area contributed by atoms with E-state index in [1.807, 2.05) is 6.92 Å². The Labute approximate surface area is 373 Å². The maximum atomic E-state index is 13.4. The molecular weight excluding hydrogens is 775 g/mol. The number of alkyl carbamates (subject to hydrolysis) is 1. The molecule has 11 nitrogen and oxygen atoms in total. The molecule has 360 valence electrons. The fourth-order valence-corrected chi connectivity index (χ4v) is 7.59. The highest BCUT2D eigenvalue weighted by Crippen LogP contribution is 2.28. The second-order valence-corrected chi connectivity index (χ2v) is 17.3. The van der Waals surface area contributed by atoms with Gasteiger partial charge in [-0.3, -0.25) is 9.59 Å². The predicted octanol–water partition coefficient (Wildman–Crippen LogP) is 13.2. The molecule has 2 unspecified atom stereocenters. The van der Waals surface area contributed by atoms with E-state index in [0.29, 0.717) is 58.7 Å². The number of carbonyl (C=O) groups is 3. The van der Waals surface area contributed by atoms with Crippen LogP contribution in [0.2, 0.25) is 0 Å². The third-order valence-corrected chi connectivity index (χ3v) is 11.4. The number of nitrogens with one attached hydrogen (secondary N) is 1. The SMILES string of the molecule is CCCCCCCCOC(CCC(=O)OC1CC(NC(=O)OCCCC)CC1OC(=O)CCC(OCCCCCCCC)OCCCCCCCC)OCCCCCCCC. The second kappa shape index (κ2) is 42.0. The van der Waals surface area contributed by atoms with E-state index in [-0.39, 0.29) is 18.9 Å². The van der Waals surface area contributed by atoms with E-state index in [9.17, 15) is 14.4 Å². The van der Waals surface area contributed by atoms with Crippen LogP contribution in [-0.4, -0.2) is 81.9 Å². The lowest BCUT2D eigenvalue weighted by Gasteiger charge is -2.22. The molecule has 0 saturated heterocycles. The van der Waals surface area contributed by atoms with Gasteiger partial charge in [-0.15, -0.1) is 0 Å². The summed E-state index contributed by atoms with van der Waals surface area (Å²) in [5.41, 5.74) is 0. The van der Waals surface area contributed by atoms with Crippen LogP contribution in [0.1, 0.15) is 240 Å². The molecule has 0 aromatic rings. The van der Waals surface area contributed by atoms with Crippen LogP contribution in [0.15, 0.2) is 0 Å². The van der Waals surface area contributed by atoms with Crippen LogP contribution >= 0.6 is 0 Å². The first-order valence-electron chi connectivity index (χ1n) is 25.6. The Morgan fingerprint density at radius 2 is 0.738 bits per heavy atom. The van der Waals surface area contributed by atoms with Crippen LogP contribution in [0.5, 0.6) is 0 Å². The van der Waals surface area contributed by atoms with Gasteiger partial charge in [-0.1, -0.05) is 169 Å². The molecular formula is C50H95NO10. The molecule has 0 aromatic heterocycles. The number of carbonyl (C=O) groups excluding carboxylic acids is 3. The number of rotatable bonds is 44. The molecule has 61 heavy (non-hydrogen) atoms. The average Bonchev–Trinajstić information content (AvgIpc) is 3.61. The zero-order valence-electron chi connectivity index (χ0n) is 40.1. The number of ether oxygens (including phenoxy) is 7. The highest BCUT2D eigenvalue weighted by Gasteiger charge is 2.40. The molecule has 1 fully saturated rings. The molecule has 11 heteroatoms. The van der Waals surface area contributed by atoms with Crippen molar-refractivity contribution in [1.82, 2.24) is 5.32 Å². The maximum absolute atomic E-state index is 13.4. The number of esters is 2. The summed E-state index contributed by atoms with van der Waals surface area (Å²) in [4.78, 5) is 39.3. The van der Waals surface area contributed by atoms with E-state index in [4.69, 9.17) is 33.2 Å². The van der Waals surface area contributed by atoms with Crippen molar-refractivity contribution in [2.75, 3.05) is 33.0 Å². The minimum atomic E-state index is -0.701. The molecule has 1 aliphatic rings. The van der Waals surface area contributed by atoms with Gasteiger partial charge >= 0.3 is 18.0 Å². The summed E-state index contributed by atoms with van der Waals surface area (Å²) in [5, 5.41) is 2.90. The summed E-state index contributed by atoms with van der Waals surface area (Å²) in [6.45, 7) is 13.6. The van der Waals surface area contributed by atoms with Crippen LogP contribution in [-0.2, 0) is 42.7 Å². The number of amides is 1. The quantitative estimate of drug-likeness (QED) is 0.0273. The van der Waals surface area contributed by atoms with E-state index < -0.39 is 42.8 Å². The highest BCUT2D eigenvalue weighted by atomic mass is 16.7. The molecule has 1 aliphatic carbocycles. The van der Waals surface area contributed by atoms with Crippen molar-refractivity contribution in [3.8, 4) is 0 Å². The molecule has 0 radical (unpaired) electrons. The summed E-state index contributed by atoms with van der Waals surface area (Å²) in [5.74, 6) is -0.806. The van der Waals surface area contributed by atoms with Crippen molar-refractivity contribution < 1.29 is 47.5 Å². The Hall–Kier alpha value is -1.95. The first kappa shape index (κ1) is 57.1. The van der Waals surface area contributed by atoms with Crippen molar-refractivity contribution in [2.45, 2.75) is 271 Å². The summed E-state index contributed by atoms with van der Waals surface area (Å²) < 4.78 is 42.0. The van der Waals surface area contributed by atoms with Crippen LogP contribution < -0.4 is 5.32 Å². The van der Waals surface area contributed by atoms with Crippen molar-refractivity contribution in [1.29, 1.82) is 0 Å². The molecule has 0 bridgehead atoms. The smallest absolute Gasteiger partial charge is 0.407 e. The largest absolute Gasteiger partial charge is 0.458 e. The summed E-state index contributed by atoms with van der Waals surface area (Å²) in [6, 6.07) is -0.368. The van der Waals surface area contributed by atoms with Gasteiger partial charge < -0.3 is 38.5 Å². The van der Waals surface area contributed by atoms with Crippen molar-refractivity contribution >= 4 is 18.0 Å². The van der Waals surface area contributed by atoms with Crippen molar-refractivity contribution in [3.63, 3.8) is 0 Å². The summed E-state index contributed by atoms with van der Waals surface area (Å²) in [7, 11) is 0. The normalized spacial score (nSPS) is 16.4. The summed E-state index contributed by atoms with van der Waals surface area (Å²) >= 11 is 0. The Bertz CT molecular complexity index is 913. The standard InChI is InChI=1S/C50H95NO10/c1-6-11-16-20-24-28-37-55-48(56-38-29-25-21-17-12-7-2)34-32-46(52)60-44-41-43(51-50(54)59-36-15-10-5)42-45(44)61-47(53)33-35-49(57-39-30-26-22-18-13-8-3)58-40-31-27-23-19-14-9-4/h43-45,48-49H,6-42H2,1-5H3,(H,51,54). The third kappa shape index (κ3) is 34.2. The molecule has 2 atom stereocenters. The second-order valence-electron chi connectivity index (χ2n) is 17.3. The van der Waals surface area contributed by atoms with Gasteiger partial charge in [0.2, 0.25) is 0 Å². The minimum absolute atomic E-state index is 0.111. The van der Waals surface area contributed by atoms with Crippen LogP contribution in [0.4, 0.5) is 4.79 Å². The molecule has 0 aliphatic heterocycles. The van der Waals surface area contributed by atoms with Gasteiger partial charge in [0.25, 0.3) is 0 Å². The fraction of sp³-hybridized carbons (Fsp3) is 0.940. The van der Waals surface area contributed by atoms with E-state index in [0.717, 1.165) is 64.2 Å². The molecule has 1 rings (SSSR count). The lowest BCUT2D eigenvalue weighted by molar-refractivity contribution is -0.173. The highest BCUT2D eigenvalue weighted by molar-refractivity contribution is 5.71. The Morgan fingerprint density at radius 1 is 0.426 bits per heavy atom. The molecule has 1 N–H and O–H groups in total. The van der Waals surface area contributed by atoms with Crippen molar-refractivity contribution in [2.24, 2.45) is 0 Å². The van der Waals surface area contributed by atoms with Gasteiger partial charge in [-0.2, -0.15) is 0 Å². The van der Waals surface area contributed by atoms with Crippen LogP contribution in [0.3, 0.4) is 0 Å². The lowest BCUT2D eigenvalue weighted by atomic mass is 10.1. The monoisotopic (exact) mass is 870 g/mol. The number of hydrogen-bond donors (Lipinski definition) is 1. The first-order chi connectivity index (χ1) is 29.9. The topological polar surface area (TPSA) is 128 Å². The predicted molar refractivity (Wildman–Crippen MR) is 246 cm³/mol. The van der Waals surface area contributed by atoms with Gasteiger partial charge in [-0.05, 0) is 32.1 Å². The van der Waals surface area contributed by atoms with E-state index in [1.165, 1.54) is 103 Å².